The van der Waals surface area contributed by atoms with Crippen molar-refractivity contribution in [1.29, 1.82) is 0 Å². The number of primary amides is 1. The summed E-state index contributed by atoms with van der Waals surface area (Å²) in [5, 5.41) is 12.9. The zero-order chi connectivity index (χ0) is 10.6. The first kappa shape index (κ1) is 10.3. The summed E-state index contributed by atoms with van der Waals surface area (Å²) in [4.78, 5) is 10.3. The molecular formula is C8H8ClN3O2. The molecule has 1 aromatic carbocycles. The van der Waals surface area contributed by atoms with Gasteiger partial charge in [0.25, 0.3) is 0 Å². The Bertz CT molecular complexity index is 379. The summed E-state index contributed by atoms with van der Waals surface area (Å²) in [5.74, 6) is 0.0648. The van der Waals surface area contributed by atoms with Crippen molar-refractivity contribution in [1.82, 2.24) is 5.43 Å². The Morgan fingerprint density at radius 2 is 2.36 bits per heavy atom. The van der Waals surface area contributed by atoms with Gasteiger partial charge < -0.3 is 10.8 Å². The highest BCUT2D eigenvalue weighted by Crippen LogP contribution is 2.19. The van der Waals surface area contributed by atoms with E-state index < -0.39 is 6.03 Å². The molecular weight excluding hydrogens is 206 g/mol. The molecule has 1 aromatic rings. The van der Waals surface area contributed by atoms with Crippen LogP contribution in [0.3, 0.4) is 0 Å². The summed E-state index contributed by atoms with van der Waals surface area (Å²) in [6, 6.07) is 3.63. The number of nitrogens with one attached hydrogen (secondary N) is 1. The topological polar surface area (TPSA) is 87.7 Å². The summed E-state index contributed by atoms with van der Waals surface area (Å²) in [7, 11) is 0. The molecule has 0 aromatic heterocycles. The minimum absolute atomic E-state index is 0.0648. The summed E-state index contributed by atoms with van der Waals surface area (Å²) in [6.45, 7) is 0. The number of carbonyl (C=O) groups is 1. The molecule has 0 radical (unpaired) electrons. The smallest absolute Gasteiger partial charge is 0.332 e. The molecule has 0 heterocycles. The Balaban J connectivity index is 2.76. The maximum atomic E-state index is 10.3. The van der Waals surface area contributed by atoms with Gasteiger partial charge in [-0.1, -0.05) is 11.6 Å². The number of phenolic OH excluding ortho intramolecular Hbond substituents is 1. The Labute approximate surface area is 85.2 Å². The molecule has 14 heavy (non-hydrogen) atoms. The largest absolute Gasteiger partial charge is 0.508 e. The Hall–Kier alpha value is -1.75. The van der Waals surface area contributed by atoms with Gasteiger partial charge in [0.1, 0.15) is 5.75 Å². The number of aromatic hydroxyl groups is 1. The molecule has 0 aliphatic carbocycles. The van der Waals surface area contributed by atoms with Crippen LogP contribution in [0.4, 0.5) is 4.79 Å². The van der Waals surface area contributed by atoms with Crippen LogP contribution in [-0.2, 0) is 0 Å². The van der Waals surface area contributed by atoms with Crippen molar-refractivity contribution < 1.29 is 9.90 Å². The van der Waals surface area contributed by atoms with Crippen LogP contribution in [0.1, 0.15) is 5.56 Å². The fraction of sp³-hybridized carbons (Fsp3) is 0. The van der Waals surface area contributed by atoms with Gasteiger partial charge in [0, 0.05) is 5.56 Å². The van der Waals surface area contributed by atoms with E-state index in [9.17, 15) is 4.79 Å². The molecule has 0 spiro atoms. The average Bonchev–Trinajstić information content (AvgIpc) is 2.08. The molecule has 74 valence electrons. The van der Waals surface area contributed by atoms with Crippen molar-refractivity contribution >= 4 is 23.8 Å². The van der Waals surface area contributed by atoms with Crippen LogP contribution in [0.2, 0.25) is 5.02 Å². The van der Waals surface area contributed by atoms with Gasteiger partial charge in [0.2, 0.25) is 0 Å². The molecule has 0 atom stereocenters. The van der Waals surface area contributed by atoms with Gasteiger partial charge in [-0.25, -0.2) is 10.2 Å². The predicted molar refractivity (Wildman–Crippen MR) is 53.4 cm³/mol. The van der Waals surface area contributed by atoms with E-state index >= 15 is 0 Å². The van der Waals surface area contributed by atoms with Crippen LogP contribution in [-0.4, -0.2) is 17.4 Å². The molecule has 5 nitrogen and oxygen atoms in total. The molecule has 6 heteroatoms. The fourth-order valence-corrected chi connectivity index (χ4v) is 1.01. The van der Waals surface area contributed by atoms with Gasteiger partial charge in [-0.3, -0.25) is 0 Å². The second-order valence-electron chi connectivity index (χ2n) is 2.44. The molecule has 0 unspecified atom stereocenters. The molecule has 2 amide bonds. The summed E-state index contributed by atoms with van der Waals surface area (Å²) >= 11 is 5.75. The van der Waals surface area contributed by atoms with Gasteiger partial charge in [-0.05, 0) is 18.2 Å². The number of phenols is 1. The minimum Gasteiger partial charge on any atom is -0.508 e. The van der Waals surface area contributed by atoms with Crippen molar-refractivity contribution in [2.24, 2.45) is 10.8 Å². The lowest BCUT2D eigenvalue weighted by molar-refractivity contribution is 0.249. The molecule has 1 rings (SSSR count). The highest BCUT2D eigenvalue weighted by Gasteiger charge is 1.98. The van der Waals surface area contributed by atoms with E-state index in [-0.39, 0.29) is 5.75 Å². The molecule has 0 saturated carbocycles. The second-order valence-corrected chi connectivity index (χ2v) is 2.85. The van der Waals surface area contributed by atoms with Crippen molar-refractivity contribution in [2.45, 2.75) is 0 Å². The number of carbonyl (C=O) groups excluding carboxylic acids is 1. The van der Waals surface area contributed by atoms with E-state index in [2.05, 4.69) is 5.10 Å². The van der Waals surface area contributed by atoms with Crippen LogP contribution in [0, 0.1) is 0 Å². The second kappa shape index (κ2) is 4.48. The monoisotopic (exact) mass is 213 g/mol. The predicted octanol–water partition coefficient (Wildman–Crippen LogP) is 1.05. The number of nitrogens with zero attached hydrogens (tertiary/aromatic N) is 1. The van der Waals surface area contributed by atoms with Crippen LogP contribution < -0.4 is 11.2 Å². The van der Waals surface area contributed by atoms with Gasteiger partial charge in [0.05, 0.1) is 11.2 Å². The van der Waals surface area contributed by atoms with E-state index in [4.69, 9.17) is 22.4 Å². The number of benzene rings is 1. The normalized spacial score (nSPS) is 10.4. The molecule has 0 fully saturated rings. The zero-order valence-electron chi connectivity index (χ0n) is 7.07. The number of halogens is 1. The number of hydrogen-bond acceptors (Lipinski definition) is 3. The van der Waals surface area contributed by atoms with E-state index in [1.807, 2.05) is 5.43 Å². The quantitative estimate of drug-likeness (QED) is 0.507. The van der Waals surface area contributed by atoms with Crippen molar-refractivity contribution in [3.8, 4) is 5.75 Å². The Kier molecular flexibility index (Phi) is 3.30. The molecule has 0 aliphatic rings. The van der Waals surface area contributed by atoms with Crippen molar-refractivity contribution in [3.63, 3.8) is 0 Å². The third-order valence-corrected chi connectivity index (χ3v) is 1.69. The van der Waals surface area contributed by atoms with Crippen LogP contribution >= 0.6 is 11.6 Å². The Morgan fingerprint density at radius 1 is 1.64 bits per heavy atom. The molecule has 4 N–H and O–H groups in total. The van der Waals surface area contributed by atoms with Gasteiger partial charge in [-0.2, -0.15) is 5.10 Å². The number of nitrogens with two attached hydrogens (primary N) is 1. The first-order valence-corrected chi connectivity index (χ1v) is 4.04. The van der Waals surface area contributed by atoms with Crippen LogP contribution in [0.5, 0.6) is 5.75 Å². The number of hydrogen-bond donors (Lipinski definition) is 3. The first-order chi connectivity index (χ1) is 6.59. The third-order valence-electron chi connectivity index (χ3n) is 1.36. The van der Waals surface area contributed by atoms with Crippen LogP contribution in [0.15, 0.2) is 23.3 Å². The lowest BCUT2D eigenvalue weighted by atomic mass is 10.2. The average molecular weight is 214 g/mol. The van der Waals surface area contributed by atoms with E-state index in [1.54, 1.807) is 6.07 Å². The number of amides is 2. The Morgan fingerprint density at radius 3 is 2.93 bits per heavy atom. The van der Waals surface area contributed by atoms with Gasteiger partial charge in [-0.15, -0.1) is 0 Å². The van der Waals surface area contributed by atoms with Crippen molar-refractivity contribution in [3.05, 3.63) is 28.8 Å². The highest BCUT2D eigenvalue weighted by molar-refractivity contribution is 6.33. The van der Waals surface area contributed by atoms with E-state index in [1.165, 1.54) is 18.3 Å². The molecule has 0 bridgehead atoms. The SMILES string of the molecule is NC(=O)NN=Cc1ccc(O)cc1Cl. The number of hydrazone groups is 1. The maximum absolute atomic E-state index is 10.3. The lowest BCUT2D eigenvalue weighted by Crippen LogP contribution is -2.24. The number of urea groups is 1. The lowest BCUT2D eigenvalue weighted by Gasteiger charge is -1.98. The van der Waals surface area contributed by atoms with E-state index in [0.717, 1.165) is 0 Å². The van der Waals surface area contributed by atoms with Crippen LogP contribution in [0.25, 0.3) is 0 Å². The molecule has 0 saturated heterocycles. The van der Waals surface area contributed by atoms with Gasteiger partial charge in [0.15, 0.2) is 0 Å². The minimum atomic E-state index is -0.754. The number of rotatable bonds is 2. The third kappa shape index (κ3) is 2.95. The first-order valence-electron chi connectivity index (χ1n) is 3.66. The summed E-state index contributed by atoms with van der Waals surface area (Å²) < 4.78 is 0. The fourth-order valence-electron chi connectivity index (χ4n) is 0.786. The zero-order valence-corrected chi connectivity index (χ0v) is 7.82. The molecule has 0 aliphatic heterocycles. The van der Waals surface area contributed by atoms with Gasteiger partial charge >= 0.3 is 6.03 Å². The summed E-state index contributed by atoms with van der Waals surface area (Å²) in [6.07, 6.45) is 1.33. The maximum Gasteiger partial charge on any atom is 0.332 e. The van der Waals surface area contributed by atoms with E-state index in [0.29, 0.717) is 10.6 Å². The van der Waals surface area contributed by atoms with Crippen molar-refractivity contribution in [2.75, 3.05) is 0 Å². The highest BCUT2D eigenvalue weighted by atomic mass is 35.5. The standard InChI is InChI=1S/C8H8ClN3O2/c9-7-3-6(13)2-1-5(7)4-11-12-8(10)14/h1-4,13H,(H3,10,12,14). The summed E-state index contributed by atoms with van der Waals surface area (Å²) in [5.41, 5.74) is 7.37.